The molecule has 0 aliphatic carbocycles. The summed E-state index contributed by atoms with van der Waals surface area (Å²) in [6.45, 7) is 2.72. The van der Waals surface area contributed by atoms with Crippen molar-refractivity contribution in [3.8, 4) is 0 Å². The zero-order valence-corrected chi connectivity index (χ0v) is 14.7. The average Bonchev–Trinajstić information content (AvgIpc) is 2.56. The van der Waals surface area contributed by atoms with E-state index in [2.05, 4.69) is 5.32 Å². The van der Waals surface area contributed by atoms with Crippen LogP contribution in [0.5, 0.6) is 0 Å². The molecule has 26 heavy (non-hydrogen) atoms. The number of ketones is 2. The number of nitrogens with one attached hydrogen (secondary N) is 1. The Kier molecular flexibility index (Phi) is 6.38. The van der Waals surface area contributed by atoms with Gasteiger partial charge in [-0.25, -0.2) is 0 Å². The van der Waals surface area contributed by atoms with Crippen LogP contribution in [-0.2, 0) is 19.2 Å². The normalized spacial score (nSPS) is 10.1. The fourth-order valence-electron chi connectivity index (χ4n) is 2.43. The monoisotopic (exact) mass is 352 g/mol. The van der Waals surface area contributed by atoms with Gasteiger partial charge in [-0.1, -0.05) is 18.2 Å². The van der Waals surface area contributed by atoms with E-state index in [9.17, 15) is 19.2 Å². The first-order valence-corrected chi connectivity index (χ1v) is 8.13. The molecule has 6 nitrogen and oxygen atoms in total. The van der Waals surface area contributed by atoms with Gasteiger partial charge in [0.05, 0.1) is 12.8 Å². The van der Waals surface area contributed by atoms with Gasteiger partial charge in [0, 0.05) is 17.1 Å². The maximum absolute atomic E-state index is 12.5. The first kappa shape index (κ1) is 19.1. The quantitative estimate of drug-likeness (QED) is 0.775. The molecule has 0 spiro atoms. The minimum Gasteiger partial charge on any atom is -0.326 e. The zero-order valence-electron chi connectivity index (χ0n) is 14.7. The van der Waals surface area contributed by atoms with Crippen molar-refractivity contribution in [3.05, 3.63) is 54.6 Å². The van der Waals surface area contributed by atoms with E-state index < -0.39 is 5.91 Å². The van der Waals surface area contributed by atoms with Gasteiger partial charge in [0.2, 0.25) is 11.8 Å². The minimum atomic E-state index is -0.391. The maximum Gasteiger partial charge on any atom is 0.238 e. The maximum atomic E-state index is 12.5. The number of anilines is 3. The second-order valence-electron chi connectivity index (χ2n) is 5.92. The molecular formula is C20H20N2O4. The number of Topliss-reactive ketones (excluding diaryl/α,β-unsaturated/α-hetero) is 2. The van der Waals surface area contributed by atoms with Crippen molar-refractivity contribution < 1.29 is 19.2 Å². The lowest BCUT2D eigenvalue weighted by Crippen LogP contribution is -2.27. The highest BCUT2D eigenvalue weighted by atomic mass is 16.2. The number of para-hydroxylation sites is 1. The van der Waals surface area contributed by atoms with Gasteiger partial charge in [0.25, 0.3) is 0 Å². The second-order valence-corrected chi connectivity index (χ2v) is 5.92. The number of hydrogen-bond donors (Lipinski definition) is 1. The SMILES string of the molecule is CC(=O)CC(=O)Nc1ccc(N(C(=O)CC(C)=O)c2ccccc2)cc1. The van der Waals surface area contributed by atoms with Crippen molar-refractivity contribution in [2.45, 2.75) is 26.7 Å². The van der Waals surface area contributed by atoms with Gasteiger partial charge >= 0.3 is 0 Å². The highest BCUT2D eigenvalue weighted by Crippen LogP contribution is 2.27. The predicted molar refractivity (Wildman–Crippen MR) is 99.3 cm³/mol. The van der Waals surface area contributed by atoms with Crippen molar-refractivity contribution in [1.82, 2.24) is 0 Å². The molecule has 0 saturated carbocycles. The second kappa shape index (κ2) is 8.71. The molecule has 134 valence electrons. The highest BCUT2D eigenvalue weighted by Gasteiger charge is 2.19. The lowest BCUT2D eigenvalue weighted by atomic mass is 10.2. The number of benzene rings is 2. The van der Waals surface area contributed by atoms with Crippen molar-refractivity contribution in [3.63, 3.8) is 0 Å². The van der Waals surface area contributed by atoms with Gasteiger partial charge in [-0.05, 0) is 50.2 Å². The number of nitrogens with zero attached hydrogens (tertiary/aromatic N) is 1. The van der Waals surface area contributed by atoms with Gasteiger partial charge < -0.3 is 5.32 Å². The van der Waals surface area contributed by atoms with Crippen LogP contribution < -0.4 is 10.2 Å². The lowest BCUT2D eigenvalue weighted by Gasteiger charge is -2.23. The van der Waals surface area contributed by atoms with Crippen LogP contribution in [-0.4, -0.2) is 23.4 Å². The highest BCUT2D eigenvalue weighted by molar-refractivity contribution is 6.09. The Labute approximate surface area is 151 Å². The topological polar surface area (TPSA) is 83.6 Å². The van der Waals surface area contributed by atoms with E-state index in [-0.39, 0.29) is 30.3 Å². The summed E-state index contributed by atoms with van der Waals surface area (Å²) in [6, 6.07) is 15.6. The van der Waals surface area contributed by atoms with Gasteiger partial charge in [-0.2, -0.15) is 0 Å². The number of carbonyl (C=O) groups excluding carboxylic acids is 4. The number of hydrogen-bond acceptors (Lipinski definition) is 4. The van der Waals surface area contributed by atoms with E-state index in [1.807, 2.05) is 6.07 Å². The summed E-state index contributed by atoms with van der Waals surface area (Å²) < 4.78 is 0. The Morgan fingerprint density at radius 3 is 1.85 bits per heavy atom. The van der Waals surface area contributed by atoms with E-state index in [1.165, 1.54) is 18.7 Å². The van der Waals surface area contributed by atoms with Crippen molar-refractivity contribution in [1.29, 1.82) is 0 Å². The summed E-state index contributed by atoms with van der Waals surface area (Å²) >= 11 is 0. The van der Waals surface area contributed by atoms with Crippen LogP contribution in [0.4, 0.5) is 17.1 Å². The van der Waals surface area contributed by atoms with Crippen LogP contribution in [0.25, 0.3) is 0 Å². The van der Waals surface area contributed by atoms with Crippen LogP contribution in [0, 0.1) is 0 Å². The summed E-state index contributed by atoms with van der Waals surface area (Å²) in [6.07, 6.45) is -0.388. The van der Waals surface area contributed by atoms with Gasteiger partial charge in [-0.15, -0.1) is 0 Å². The van der Waals surface area contributed by atoms with Crippen LogP contribution in [0.15, 0.2) is 54.6 Å². The van der Waals surface area contributed by atoms with E-state index in [4.69, 9.17) is 0 Å². The molecule has 0 heterocycles. The van der Waals surface area contributed by atoms with Gasteiger partial charge in [0.15, 0.2) is 0 Å². The van der Waals surface area contributed by atoms with Gasteiger partial charge in [0.1, 0.15) is 11.6 Å². The molecule has 1 N–H and O–H groups in total. The first-order chi connectivity index (χ1) is 12.4. The Balaban J connectivity index is 2.25. The molecule has 0 radical (unpaired) electrons. The third-order valence-electron chi connectivity index (χ3n) is 3.48. The lowest BCUT2D eigenvalue weighted by molar-refractivity contribution is -0.126. The molecule has 0 aliphatic rings. The zero-order chi connectivity index (χ0) is 19.1. The van der Waals surface area contributed by atoms with Crippen molar-refractivity contribution in [2.75, 3.05) is 10.2 Å². The van der Waals surface area contributed by atoms with Crippen LogP contribution in [0.3, 0.4) is 0 Å². The van der Waals surface area contributed by atoms with E-state index in [1.54, 1.807) is 48.5 Å². The number of amides is 2. The van der Waals surface area contributed by atoms with Crippen molar-refractivity contribution in [2.24, 2.45) is 0 Å². The molecule has 0 atom stereocenters. The molecule has 6 heteroatoms. The van der Waals surface area contributed by atoms with E-state index in [0.29, 0.717) is 17.1 Å². The Morgan fingerprint density at radius 1 is 0.769 bits per heavy atom. The third-order valence-corrected chi connectivity index (χ3v) is 3.48. The molecule has 2 aromatic rings. The molecule has 0 saturated heterocycles. The first-order valence-electron chi connectivity index (χ1n) is 8.13. The Hall–Kier alpha value is -3.28. The molecule has 0 unspecified atom stereocenters. The molecule has 0 aliphatic heterocycles. The van der Waals surface area contributed by atoms with Crippen LogP contribution >= 0.6 is 0 Å². The Bertz CT molecular complexity index is 813. The largest absolute Gasteiger partial charge is 0.326 e. The fourth-order valence-corrected chi connectivity index (χ4v) is 2.43. The van der Waals surface area contributed by atoms with E-state index >= 15 is 0 Å². The Morgan fingerprint density at radius 2 is 1.31 bits per heavy atom. The summed E-state index contributed by atoms with van der Waals surface area (Å²) in [5.41, 5.74) is 1.74. The third kappa shape index (κ3) is 5.37. The predicted octanol–water partition coefficient (Wildman–Crippen LogP) is 3.25. The van der Waals surface area contributed by atoms with Crippen molar-refractivity contribution >= 4 is 40.4 Å². The molecule has 0 bridgehead atoms. The standard InChI is InChI=1S/C20H20N2O4/c1-14(23)12-19(25)21-16-8-10-18(11-9-16)22(20(26)13-15(2)24)17-6-4-3-5-7-17/h3-11H,12-13H2,1-2H3,(H,21,25). The van der Waals surface area contributed by atoms with E-state index in [0.717, 1.165) is 0 Å². The molecule has 2 amide bonds. The summed E-state index contributed by atoms with van der Waals surface area (Å²) in [5, 5.41) is 2.62. The van der Waals surface area contributed by atoms with Crippen LogP contribution in [0.1, 0.15) is 26.7 Å². The summed E-state index contributed by atoms with van der Waals surface area (Å²) in [7, 11) is 0. The average molecular weight is 352 g/mol. The van der Waals surface area contributed by atoms with Gasteiger partial charge in [-0.3, -0.25) is 24.1 Å². The fraction of sp³-hybridized carbons (Fsp3) is 0.200. The number of carbonyl (C=O) groups is 4. The minimum absolute atomic E-state index is 0.186. The molecule has 0 fully saturated rings. The molecular weight excluding hydrogens is 332 g/mol. The molecule has 0 aromatic heterocycles. The summed E-state index contributed by atoms with van der Waals surface area (Å²) in [5.74, 6) is -1.16. The smallest absolute Gasteiger partial charge is 0.238 e. The molecule has 2 rings (SSSR count). The number of rotatable bonds is 7. The summed E-state index contributed by atoms with van der Waals surface area (Å²) in [4.78, 5) is 48.0. The molecule has 2 aromatic carbocycles. The van der Waals surface area contributed by atoms with Crippen LogP contribution in [0.2, 0.25) is 0 Å².